The maximum Gasteiger partial charge on any atom is 0.319 e. The predicted molar refractivity (Wildman–Crippen MR) is 76.6 cm³/mol. The van der Waals surface area contributed by atoms with Crippen LogP contribution in [-0.2, 0) is 6.54 Å². The van der Waals surface area contributed by atoms with Crippen LogP contribution in [0.4, 0.5) is 10.5 Å². The van der Waals surface area contributed by atoms with Gasteiger partial charge in [0.05, 0.1) is 10.7 Å². The molecule has 0 saturated carbocycles. The quantitative estimate of drug-likeness (QED) is 0.907. The SMILES string of the molecule is O=C(NCc1ccncc1)Nc1cc(Cl)ccc1Cl. The number of rotatable bonds is 3. The largest absolute Gasteiger partial charge is 0.334 e. The molecule has 0 aliphatic rings. The van der Waals surface area contributed by atoms with Crippen molar-refractivity contribution >= 4 is 34.9 Å². The first-order chi connectivity index (χ1) is 9.15. The van der Waals surface area contributed by atoms with Crippen molar-refractivity contribution < 1.29 is 4.79 Å². The van der Waals surface area contributed by atoms with E-state index in [9.17, 15) is 4.79 Å². The van der Waals surface area contributed by atoms with Crippen LogP contribution in [0.15, 0.2) is 42.7 Å². The fraction of sp³-hybridized carbons (Fsp3) is 0.0769. The summed E-state index contributed by atoms with van der Waals surface area (Å²) < 4.78 is 0. The summed E-state index contributed by atoms with van der Waals surface area (Å²) in [5.74, 6) is 0. The number of amides is 2. The molecule has 1 heterocycles. The zero-order valence-electron chi connectivity index (χ0n) is 9.86. The Morgan fingerprint density at radius 3 is 2.63 bits per heavy atom. The summed E-state index contributed by atoms with van der Waals surface area (Å²) in [4.78, 5) is 15.6. The highest BCUT2D eigenvalue weighted by molar-refractivity contribution is 6.35. The van der Waals surface area contributed by atoms with Crippen LogP contribution in [0.1, 0.15) is 5.56 Å². The average molecular weight is 296 g/mol. The Morgan fingerprint density at radius 2 is 1.89 bits per heavy atom. The number of nitrogens with zero attached hydrogens (tertiary/aromatic N) is 1. The summed E-state index contributed by atoms with van der Waals surface area (Å²) in [6, 6.07) is 8.18. The van der Waals surface area contributed by atoms with Crippen molar-refractivity contribution in [2.24, 2.45) is 0 Å². The van der Waals surface area contributed by atoms with E-state index >= 15 is 0 Å². The highest BCUT2D eigenvalue weighted by atomic mass is 35.5. The zero-order chi connectivity index (χ0) is 13.7. The summed E-state index contributed by atoms with van der Waals surface area (Å²) in [7, 11) is 0. The number of hydrogen-bond donors (Lipinski definition) is 2. The van der Waals surface area contributed by atoms with Gasteiger partial charge >= 0.3 is 6.03 Å². The van der Waals surface area contributed by atoms with Gasteiger partial charge in [-0.25, -0.2) is 4.79 Å². The van der Waals surface area contributed by atoms with Crippen LogP contribution in [0.2, 0.25) is 10.0 Å². The molecular formula is C13H11Cl2N3O. The van der Waals surface area contributed by atoms with Gasteiger partial charge in [0.15, 0.2) is 0 Å². The highest BCUT2D eigenvalue weighted by Gasteiger charge is 2.06. The lowest BCUT2D eigenvalue weighted by atomic mass is 10.3. The van der Waals surface area contributed by atoms with Gasteiger partial charge in [0.1, 0.15) is 0 Å². The van der Waals surface area contributed by atoms with Gasteiger partial charge in [-0.2, -0.15) is 0 Å². The maximum atomic E-state index is 11.7. The van der Waals surface area contributed by atoms with Crippen molar-refractivity contribution in [3.63, 3.8) is 0 Å². The third kappa shape index (κ3) is 4.12. The Hall–Kier alpha value is -1.78. The van der Waals surface area contributed by atoms with E-state index in [1.54, 1.807) is 30.6 Å². The van der Waals surface area contributed by atoms with E-state index in [0.29, 0.717) is 22.3 Å². The Kier molecular flexibility index (Phi) is 4.60. The molecule has 0 bridgehead atoms. The second-order valence-corrected chi connectivity index (χ2v) is 4.63. The van der Waals surface area contributed by atoms with E-state index in [0.717, 1.165) is 5.56 Å². The van der Waals surface area contributed by atoms with E-state index in [1.165, 1.54) is 0 Å². The molecule has 2 rings (SSSR count). The normalized spacial score (nSPS) is 10.0. The van der Waals surface area contributed by atoms with Crippen LogP contribution in [0, 0.1) is 0 Å². The molecule has 0 atom stereocenters. The van der Waals surface area contributed by atoms with Crippen molar-refractivity contribution in [2.45, 2.75) is 6.54 Å². The van der Waals surface area contributed by atoms with Crippen molar-refractivity contribution in [1.29, 1.82) is 0 Å². The molecule has 0 unspecified atom stereocenters. The third-order valence-corrected chi connectivity index (χ3v) is 2.94. The molecule has 2 aromatic rings. The predicted octanol–water partition coefficient (Wildman–Crippen LogP) is 3.71. The molecule has 0 radical (unpaired) electrons. The minimum Gasteiger partial charge on any atom is -0.334 e. The van der Waals surface area contributed by atoms with Gasteiger partial charge in [-0.05, 0) is 35.9 Å². The fourth-order valence-corrected chi connectivity index (χ4v) is 1.78. The summed E-state index contributed by atoms with van der Waals surface area (Å²) in [6.07, 6.45) is 3.34. The average Bonchev–Trinajstić information content (AvgIpc) is 2.42. The lowest BCUT2D eigenvalue weighted by Gasteiger charge is -2.09. The van der Waals surface area contributed by atoms with E-state index < -0.39 is 0 Å². The van der Waals surface area contributed by atoms with Crippen molar-refractivity contribution in [3.8, 4) is 0 Å². The lowest BCUT2D eigenvalue weighted by molar-refractivity contribution is 0.251. The number of halogens is 2. The van der Waals surface area contributed by atoms with Gasteiger partial charge in [-0.15, -0.1) is 0 Å². The van der Waals surface area contributed by atoms with Crippen LogP contribution >= 0.6 is 23.2 Å². The van der Waals surface area contributed by atoms with E-state index in [-0.39, 0.29) is 6.03 Å². The topological polar surface area (TPSA) is 54.0 Å². The van der Waals surface area contributed by atoms with Crippen LogP contribution in [0.25, 0.3) is 0 Å². The number of carbonyl (C=O) groups excluding carboxylic acids is 1. The van der Waals surface area contributed by atoms with Gasteiger partial charge < -0.3 is 10.6 Å². The molecule has 98 valence electrons. The van der Waals surface area contributed by atoms with E-state index in [4.69, 9.17) is 23.2 Å². The Labute approximate surface area is 120 Å². The summed E-state index contributed by atoms with van der Waals surface area (Å²) >= 11 is 11.8. The molecule has 0 aliphatic carbocycles. The fourth-order valence-electron chi connectivity index (χ4n) is 1.44. The lowest BCUT2D eigenvalue weighted by Crippen LogP contribution is -2.28. The number of nitrogens with one attached hydrogen (secondary N) is 2. The maximum absolute atomic E-state index is 11.7. The minimum absolute atomic E-state index is 0.346. The number of pyridine rings is 1. The van der Waals surface area contributed by atoms with Gasteiger partial charge in [0.2, 0.25) is 0 Å². The summed E-state index contributed by atoms with van der Waals surface area (Å²) in [6.45, 7) is 0.409. The van der Waals surface area contributed by atoms with Crippen molar-refractivity contribution in [2.75, 3.05) is 5.32 Å². The molecule has 0 saturated heterocycles. The molecule has 1 aromatic heterocycles. The smallest absolute Gasteiger partial charge is 0.319 e. The highest BCUT2D eigenvalue weighted by Crippen LogP contribution is 2.25. The Morgan fingerprint density at radius 1 is 1.16 bits per heavy atom. The molecule has 4 nitrogen and oxygen atoms in total. The number of aromatic nitrogens is 1. The molecule has 2 N–H and O–H groups in total. The molecule has 1 aromatic carbocycles. The first-order valence-electron chi connectivity index (χ1n) is 5.54. The van der Waals surface area contributed by atoms with Crippen molar-refractivity contribution in [3.05, 3.63) is 58.3 Å². The Balaban J connectivity index is 1.93. The number of anilines is 1. The first-order valence-corrected chi connectivity index (χ1v) is 6.29. The van der Waals surface area contributed by atoms with E-state index in [1.807, 2.05) is 12.1 Å². The van der Waals surface area contributed by atoms with Gasteiger partial charge in [0.25, 0.3) is 0 Å². The molecule has 19 heavy (non-hydrogen) atoms. The summed E-state index contributed by atoms with van der Waals surface area (Å²) in [5.41, 5.74) is 1.43. The minimum atomic E-state index is -0.346. The number of benzene rings is 1. The molecular weight excluding hydrogens is 285 g/mol. The van der Waals surface area contributed by atoms with Crippen molar-refractivity contribution in [1.82, 2.24) is 10.3 Å². The van der Waals surface area contributed by atoms with Crippen LogP contribution in [-0.4, -0.2) is 11.0 Å². The molecule has 2 amide bonds. The second kappa shape index (κ2) is 6.41. The molecule has 0 fully saturated rings. The number of hydrogen-bond acceptors (Lipinski definition) is 2. The number of carbonyl (C=O) groups is 1. The van der Waals surface area contributed by atoms with Crippen LogP contribution in [0.5, 0.6) is 0 Å². The number of urea groups is 1. The standard InChI is InChI=1S/C13H11Cl2N3O/c14-10-1-2-11(15)12(7-10)18-13(19)17-8-9-3-5-16-6-4-9/h1-7H,8H2,(H2,17,18,19). The molecule has 0 spiro atoms. The van der Waals surface area contributed by atoms with E-state index in [2.05, 4.69) is 15.6 Å². The first kappa shape index (κ1) is 13.6. The third-order valence-electron chi connectivity index (χ3n) is 2.38. The molecule has 6 heteroatoms. The second-order valence-electron chi connectivity index (χ2n) is 3.79. The molecule has 0 aliphatic heterocycles. The van der Waals surface area contributed by atoms with Crippen LogP contribution < -0.4 is 10.6 Å². The summed E-state index contributed by atoms with van der Waals surface area (Å²) in [5, 5.41) is 6.30. The van der Waals surface area contributed by atoms with Gasteiger partial charge in [0, 0.05) is 24.0 Å². The van der Waals surface area contributed by atoms with Gasteiger partial charge in [-0.3, -0.25) is 4.98 Å². The van der Waals surface area contributed by atoms with Crippen LogP contribution in [0.3, 0.4) is 0 Å². The Bertz CT molecular complexity index is 575. The van der Waals surface area contributed by atoms with Gasteiger partial charge in [-0.1, -0.05) is 23.2 Å². The monoisotopic (exact) mass is 295 g/mol. The zero-order valence-corrected chi connectivity index (χ0v) is 11.4.